The van der Waals surface area contributed by atoms with Crippen molar-refractivity contribution in [2.75, 3.05) is 14.2 Å². The van der Waals surface area contributed by atoms with Gasteiger partial charge in [-0.05, 0) is 35.0 Å². The Kier molecular flexibility index (Phi) is 4.32. The highest BCUT2D eigenvalue weighted by Crippen LogP contribution is 2.21. The first kappa shape index (κ1) is 14.8. The minimum Gasteiger partial charge on any atom is -0.394 e. The summed E-state index contributed by atoms with van der Waals surface area (Å²) in [6.07, 6.45) is 0. The second-order valence-electron chi connectivity index (χ2n) is 4.59. The molecule has 2 aromatic carbocycles. The number of benzene rings is 2. The van der Waals surface area contributed by atoms with E-state index in [2.05, 4.69) is 0 Å². The summed E-state index contributed by atoms with van der Waals surface area (Å²) in [6.45, 7) is 1.93. The Morgan fingerprint density at radius 2 is 1.30 bits per heavy atom. The zero-order chi connectivity index (χ0) is 14.8. The van der Waals surface area contributed by atoms with Gasteiger partial charge in [0.1, 0.15) is 11.6 Å². The van der Waals surface area contributed by atoms with Crippen LogP contribution in [0.5, 0.6) is 0 Å². The Hall–Kier alpha value is -1.56. The summed E-state index contributed by atoms with van der Waals surface area (Å²) >= 11 is 0. The monoisotopic (exact) mass is 294 g/mol. The number of rotatable bonds is 4. The van der Waals surface area contributed by atoms with Crippen LogP contribution in [0.1, 0.15) is 0 Å². The van der Waals surface area contributed by atoms with Gasteiger partial charge in [-0.3, -0.25) is 0 Å². The predicted octanol–water partition coefficient (Wildman–Crippen LogP) is 3.20. The van der Waals surface area contributed by atoms with E-state index in [-0.39, 0.29) is 0 Å². The summed E-state index contributed by atoms with van der Waals surface area (Å²) in [4.78, 5) is 0. The zero-order valence-electron chi connectivity index (χ0n) is 11.6. The Morgan fingerprint density at radius 1 is 0.800 bits per heavy atom. The van der Waals surface area contributed by atoms with Crippen LogP contribution in [0.3, 0.4) is 0 Å². The zero-order valence-corrected chi connectivity index (χ0v) is 12.6. The first-order chi connectivity index (χ1) is 9.48. The lowest BCUT2D eigenvalue weighted by molar-refractivity contribution is 0.265. The molecule has 0 saturated heterocycles. The van der Waals surface area contributed by atoms with Gasteiger partial charge in [-0.2, -0.15) is 0 Å². The van der Waals surface area contributed by atoms with E-state index < -0.39 is 20.2 Å². The molecule has 5 heteroatoms. The SMILES string of the molecule is CO[Si](C)(OC)c1ccc(-c2cc(F)cc(F)c2)cc1. The highest BCUT2D eigenvalue weighted by atomic mass is 28.4. The van der Waals surface area contributed by atoms with Crippen LogP contribution >= 0.6 is 0 Å². The van der Waals surface area contributed by atoms with Crippen LogP contribution in [-0.4, -0.2) is 22.8 Å². The third-order valence-corrected chi connectivity index (χ3v) is 6.32. The molecule has 0 saturated carbocycles. The smallest absolute Gasteiger partial charge is 0.368 e. The molecule has 0 N–H and O–H groups in total. The average molecular weight is 294 g/mol. The molecule has 0 atom stereocenters. The summed E-state index contributed by atoms with van der Waals surface area (Å²) in [5.41, 5.74) is 1.25. The molecule has 0 radical (unpaired) electrons. The van der Waals surface area contributed by atoms with E-state index >= 15 is 0 Å². The topological polar surface area (TPSA) is 18.5 Å². The Morgan fingerprint density at radius 3 is 1.75 bits per heavy atom. The van der Waals surface area contributed by atoms with Crippen LogP contribution in [0.25, 0.3) is 11.1 Å². The standard InChI is InChI=1S/C15H16F2O2Si/c1-18-20(3,19-2)15-6-4-11(5-7-15)12-8-13(16)10-14(17)9-12/h4-10H,1-3H3. The molecule has 0 bridgehead atoms. The molecule has 0 unspecified atom stereocenters. The molecule has 0 aliphatic rings. The largest absolute Gasteiger partial charge is 0.394 e. The third-order valence-electron chi connectivity index (χ3n) is 3.38. The van der Waals surface area contributed by atoms with Crippen molar-refractivity contribution in [3.05, 3.63) is 54.1 Å². The van der Waals surface area contributed by atoms with Crippen molar-refractivity contribution in [2.24, 2.45) is 0 Å². The molecule has 0 fully saturated rings. The summed E-state index contributed by atoms with van der Waals surface area (Å²) < 4.78 is 37.3. The van der Waals surface area contributed by atoms with Gasteiger partial charge < -0.3 is 8.85 Å². The lowest BCUT2D eigenvalue weighted by atomic mass is 10.1. The van der Waals surface area contributed by atoms with Crippen LogP contribution < -0.4 is 5.19 Å². The van der Waals surface area contributed by atoms with Crippen molar-refractivity contribution in [2.45, 2.75) is 6.55 Å². The number of halogens is 2. The van der Waals surface area contributed by atoms with E-state index in [0.29, 0.717) is 5.56 Å². The fourth-order valence-corrected chi connectivity index (χ4v) is 3.42. The normalized spacial score (nSPS) is 11.7. The molecule has 0 aliphatic heterocycles. The quantitative estimate of drug-likeness (QED) is 0.806. The maximum absolute atomic E-state index is 13.2. The van der Waals surface area contributed by atoms with Crippen LogP contribution in [0, 0.1) is 11.6 Å². The minimum absolute atomic E-state index is 0.507. The van der Waals surface area contributed by atoms with Crippen LogP contribution in [0.4, 0.5) is 8.78 Å². The van der Waals surface area contributed by atoms with Gasteiger partial charge in [0.25, 0.3) is 0 Å². The fraction of sp³-hybridized carbons (Fsp3) is 0.200. The lowest BCUT2D eigenvalue weighted by Crippen LogP contribution is -2.49. The third kappa shape index (κ3) is 2.95. The van der Waals surface area contributed by atoms with Crippen LogP contribution in [-0.2, 0) is 8.85 Å². The van der Waals surface area contributed by atoms with Gasteiger partial charge in [0.2, 0.25) is 0 Å². The summed E-state index contributed by atoms with van der Waals surface area (Å²) in [6, 6.07) is 10.8. The molecule has 0 aliphatic carbocycles. The second-order valence-corrected chi connectivity index (χ2v) is 7.87. The second kappa shape index (κ2) is 5.83. The average Bonchev–Trinajstić information content (AvgIpc) is 2.45. The van der Waals surface area contributed by atoms with E-state index in [1.54, 1.807) is 14.2 Å². The molecule has 0 amide bonds. The molecule has 2 aromatic rings. The Bertz CT molecular complexity index is 575. The Labute approximate surface area is 118 Å². The van der Waals surface area contributed by atoms with E-state index in [4.69, 9.17) is 8.85 Å². The van der Waals surface area contributed by atoms with Crippen LogP contribution in [0.15, 0.2) is 42.5 Å². The van der Waals surface area contributed by atoms with Crippen molar-refractivity contribution in [3.63, 3.8) is 0 Å². The lowest BCUT2D eigenvalue weighted by Gasteiger charge is -2.23. The summed E-state index contributed by atoms with van der Waals surface area (Å²) in [7, 11) is 0.866. The van der Waals surface area contributed by atoms with E-state index in [1.165, 1.54) is 12.1 Å². The molecule has 0 spiro atoms. The maximum Gasteiger partial charge on any atom is 0.368 e. The fourth-order valence-electron chi connectivity index (χ4n) is 2.00. The van der Waals surface area contributed by atoms with Crippen LogP contribution in [0.2, 0.25) is 6.55 Å². The highest BCUT2D eigenvalue weighted by molar-refractivity contribution is 6.79. The molecule has 2 nitrogen and oxygen atoms in total. The van der Waals surface area contributed by atoms with Gasteiger partial charge in [0, 0.05) is 20.3 Å². The Balaban J connectivity index is 2.37. The summed E-state index contributed by atoms with van der Waals surface area (Å²) in [5.74, 6) is -1.17. The molecular formula is C15H16F2O2Si. The first-order valence-electron chi connectivity index (χ1n) is 6.16. The van der Waals surface area contributed by atoms with Crippen molar-refractivity contribution in [1.82, 2.24) is 0 Å². The molecule has 0 aromatic heterocycles. The first-order valence-corrected chi connectivity index (χ1v) is 8.47. The van der Waals surface area contributed by atoms with Gasteiger partial charge in [0.15, 0.2) is 0 Å². The van der Waals surface area contributed by atoms with Gasteiger partial charge in [-0.25, -0.2) is 8.78 Å². The molecule has 2 rings (SSSR count). The maximum atomic E-state index is 13.2. The van der Waals surface area contributed by atoms with E-state index in [9.17, 15) is 8.78 Å². The van der Waals surface area contributed by atoms with Crippen molar-refractivity contribution < 1.29 is 17.6 Å². The molecular weight excluding hydrogens is 278 g/mol. The number of hydrogen-bond acceptors (Lipinski definition) is 2. The van der Waals surface area contributed by atoms with E-state index in [0.717, 1.165) is 16.8 Å². The van der Waals surface area contributed by atoms with Gasteiger partial charge in [0.05, 0.1) is 0 Å². The van der Waals surface area contributed by atoms with Crippen molar-refractivity contribution in [3.8, 4) is 11.1 Å². The predicted molar refractivity (Wildman–Crippen MR) is 77.1 cm³/mol. The van der Waals surface area contributed by atoms with Gasteiger partial charge >= 0.3 is 8.56 Å². The minimum atomic E-state index is -2.37. The van der Waals surface area contributed by atoms with Crippen molar-refractivity contribution in [1.29, 1.82) is 0 Å². The molecule has 20 heavy (non-hydrogen) atoms. The van der Waals surface area contributed by atoms with Crippen molar-refractivity contribution >= 4 is 13.7 Å². The summed E-state index contributed by atoms with van der Waals surface area (Å²) in [5, 5.41) is 0.961. The van der Waals surface area contributed by atoms with E-state index in [1.807, 2.05) is 30.8 Å². The molecule has 0 heterocycles. The number of hydrogen-bond donors (Lipinski definition) is 0. The van der Waals surface area contributed by atoms with Gasteiger partial charge in [-0.15, -0.1) is 0 Å². The van der Waals surface area contributed by atoms with Gasteiger partial charge in [-0.1, -0.05) is 24.3 Å². The highest BCUT2D eigenvalue weighted by Gasteiger charge is 2.31. The molecule has 106 valence electrons.